The third-order valence-electron chi connectivity index (χ3n) is 9.50. The van der Waals surface area contributed by atoms with Crippen LogP contribution in [0.4, 0.5) is 34.1 Å². The van der Waals surface area contributed by atoms with Crippen LogP contribution in [0, 0.1) is 0 Å². The van der Waals surface area contributed by atoms with E-state index in [2.05, 4.69) is 177 Å². The smallest absolute Gasteiger partial charge is 0.0512 e. The Morgan fingerprint density at radius 3 is 2.24 bits per heavy atom. The lowest BCUT2D eigenvalue weighted by molar-refractivity contribution is 0.702. The third kappa shape index (κ3) is 3.85. The molecule has 1 unspecified atom stereocenters. The average Bonchev–Trinajstić information content (AvgIpc) is 3.35. The minimum Gasteiger partial charge on any atom is -0.310 e. The summed E-state index contributed by atoms with van der Waals surface area (Å²) < 4.78 is 1.02. The lowest BCUT2D eigenvalue weighted by atomic mass is 9.70. The lowest BCUT2D eigenvalue weighted by Gasteiger charge is -2.42. The number of para-hydroxylation sites is 2. The van der Waals surface area contributed by atoms with Crippen LogP contribution in [0.1, 0.15) is 23.6 Å². The van der Waals surface area contributed by atoms with E-state index in [4.69, 9.17) is 0 Å². The summed E-state index contributed by atoms with van der Waals surface area (Å²) in [6, 6.07) is 50.6. The van der Waals surface area contributed by atoms with E-state index in [9.17, 15) is 0 Å². The predicted molar refractivity (Wildman–Crippen MR) is 190 cm³/mol. The van der Waals surface area contributed by atoms with Gasteiger partial charge in [0.2, 0.25) is 0 Å². The van der Waals surface area contributed by atoms with Crippen molar-refractivity contribution in [3.05, 3.63) is 173 Å². The summed E-state index contributed by atoms with van der Waals surface area (Å²) >= 11 is 3.92. The van der Waals surface area contributed by atoms with E-state index < -0.39 is 0 Å². The first kappa shape index (κ1) is 26.2. The van der Waals surface area contributed by atoms with Gasteiger partial charge in [-0.15, -0.1) is 0 Å². The molecule has 1 aliphatic heterocycles. The molecule has 4 heteroatoms. The van der Waals surface area contributed by atoms with Gasteiger partial charge < -0.3 is 9.80 Å². The highest BCUT2D eigenvalue weighted by Gasteiger charge is 2.48. The number of rotatable bonds is 4. The van der Waals surface area contributed by atoms with Gasteiger partial charge in [0.1, 0.15) is 0 Å². The zero-order chi connectivity index (χ0) is 30.1. The molecule has 0 saturated carbocycles. The Morgan fingerprint density at radius 1 is 0.600 bits per heavy atom. The molecular formula is C41H28BrN3. The van der Waals surface area contributed by atoms with Crippen molar-refractivity contribution >= 4 is 60.8 Å². The van der Waals surface area contributed by atoms with Crippen LogP contribution in [-0.4, -0.2) is 4.98 Å². The Bertz CT molecular complexity index is 2280. The highest BCUT2D eigenvalue weighted by Crippen LogP contribution is 2.62. The van der Waals surface area contributed by atoms with Crippen LogP contribution in [0.2, 0.25) is 0 Å². The molecular weight excluding hydrogens is 614 g/mol. The van der Waals surface area contributed by atoms with Gasteiger partial charge in [0, 0.05) is 50.4 Å². The van der Waals surface area contributed by atoms with Gasteiger partial charge in [-0.05, 0) is 101 Å². The molecule has 1 aliphatic carbocycles. The van der Waals surface area contributed by atoms with Crippen LogP contribution in [0.3, 0.4) is 0 Å². The van der Waals surface area contributed by atoms with Gasteiger partial charge in [0.05, 0.1) is 11.4 Å². The van der Waals surface area contributed by atoms with E-state index in [0.717, 1.165) is 38.0 Å². The molecule has 45 heavy (non-hydrogen) atoms. The largest absolute Gasteiger partial charge is 0.310 e. The Balaban J connectivity index is 1.28. The van der Waals surface area contributed by atoms with Crippen LogP contribution in [0.5, 0.6) is 0 Å². The summed E-state index contributed by atoms with van der Waals surface area (Å²) in [7, 11) is 0. The van der Waals surface area contributed by atoms with Crippen molar-refractivity contribution in [1.29, 1.82) is 0 Å². The summed E-state index contributed by atoms with van der Waals surface area (Å²) in [6.07, 6.45) is 3.77. The molecule has 3 nitrogen and oxygen atoms in total. The van der Waals surface area contributed by atoms with E-state index in [0.29, 0.717) is 0 Å². The summed E-state index contributed by atoms with van der Waals surface area (Å²) in [5.41, 5.74) is 13.2. The molecule has 0 saturated heterocycles. The zero-order valence-electron chi connectivity index (χ0n) is 24.7. The Kier molecular flexibility index (Phi) is 5.78. The Morgan fingerprint density at radius 2 is 1.36 bits per heavy atom. The van der Waals surface area contributed by atoms with Gasteiger partial charge in [0.25, 0.3) is 0 Å². The number of benzene rings is 6. The van der Waals surface area contributed by atoms with Crippen LogP contribution >= 0.6 is 15.9 Å². The van der Waals surface area contributed by atoms with Gasteiger partial charge in [-0.3, -0.25) is 4.98 Å². The molecule has 214 valence electrons. The van der Waals surface area contributed by atoms with Crippen molar-refractivity contribution in [2.24, 2.45) is 0 Å². The first-order chi connectivity index (χ1) is 22.1. The second-order valence-electron chi connectivity index (χ2n) is 12.0. The lowest BCUT2D eigenvalue weighted by Crippen LogP contribution is -2.32. The molecule has 2 heterocycles. The SMILES string of the molecule is CC12c3ccccc3-c3cccc(c31)N(c1cc(Br)cc(N(c3ccccc3)c3ccc4cnccc4c3)c1)c1ccccc12. The van der Waals surface area contributed by atoms with E-state index in [1.165, 1.54) is 39.2 Å². The molecule has 6 aromatic carbocycles. The van der Waals surface area contributed by atoms with Crippen LogP contribution in [0.15, 0.2) is 156 Å². The Hall–Kier alpha value is -5.19. The van der Waals surface area contributed by atoms with Gasteiger partial charge in [-0.1, -0.05) is 94.8 Å². The third-order valence-corrected chi connectivity index (χ3v) is 9.96. The number of anilines is 6. The second kappa shape index (κ2) is 9.91. The monoisotopic (exact) mass is 641 g/mol. The molecule has 0 N–H and O–H groups in total. The number of halogens is 1. The fraction of sp³-hybridized carbons (Fsp3) is 0.0488. The quantitative estimate of drug-likeness (QED) is 0.190. The number of aromatic nitrogens is 1. The fourth-order valence-corrected chi connectivity index (χ4v) is 8.06. The maximum absolute atomic E-state index is 4.32. The Labute approximate surface area is 271 Å². The van der Waals surface area contributed by atoms with Crippen molar-refractivity contribution < 1.29 is 0 Å². The summed E-state index contributed by atoms with van der Waals surface area (Å²) in [5.74, 6) is 0. The normalized spacial score (nSPS) is 15.8. The molecule has 2 aliphatic rings. The molecule has 0 amide bonds. The van der Waals surface area contributed by atoms with Gasteiger partial charge in [-0.25, -0.2) is 0 Å². The number of hydrogen-bond acceptors (Lipinski definition) is 3. The minimum atomic E-state index is -0.236. The van der Waals surface area contributed by atoms with Crippen LogP contribution in [0.25, 0.3) is 21.9 Å². The highest BCUT2D eigenvalue weighted by molar-refractivity contribution is 9.10. The molecule has 7 aromatic rings. The van der Waals surface area contributed by atoms with Gasteiger partial charge in [0.15, 0.2) is 0 Å². The second-order valence-corrected chi connectivity index (χ2v) is 12.9. The van der Waals surface area contributed by atoms with Crippen molar-refractivity contribution in [3.63, 3.8) is 0 Å². The van der Waals surface area contributed by atoms with Crippen LogP contribution in [-0.2, 0) is 5.41 Å². The molecule has 0 fully saturated rings. The average molecular weight is 643 g/mol. The van der Waals surface area contributed by atoms with Crippen molar-refractivity contribution in [2.75, 3.05) is 9.80 Å². The molecule has 1 atom stereocenters. The van der Waals surface area contributed by atoms with Crippen LogP contribution < -0.4 is 9.80 Å². The summed E-state index contributed by atoms with van der Waals surface area (Å²) in [5, 5.41) is 2.28. The van der Waals surface area contributed by atoms with E-state index in [1.807, 2.05) is 12.4 Å². The molecule has 1 aromatic heterocycles. The molecule has 9 rings (SSSR count). The van der Waals surface area contributed by atoms with E-state index in [-0.39, 0.29) is 5.41 Å². The number of fused-ring (bicyclic) bond motifs is 6. The fourth-order valence-electron chi connectivity index (χ4n) is 7.60. The predicted octanol–water partition coefficient (Wildman–Crippen LogP) is 11.6. The molecule has 0 radical (unpaired) electrons. The van der Waals surface area contributed by atoms with E-state index >= 15 is 0 Å². The number of hydrogen-bond donors (Lipinski definition) is 0. The van der Waals surface area contributed by atoms with Crippen molar-refractivity contribution in [3.8, 4) is 11.1 Å². The maximum atomic E-state index is 4.32. The first-order valence-corrected chi connectivity index (χ1v) is 16.0. The number of pyridine rings is 1. The van der Waals surface area contributed by atoms with E-state index in [1.54, 1.807) is 0 Å². The standard InChI is InChI=1S/C41H28BrN3/c1-41-36-14-6-5-12-34(36)35-13-9-17-39(40(35)41)45(38-16-8-7-15-37(38)41)33-24-29(42)23-32(25-33)44(30-10-3-2-4-11-30)31-19-18-28-26-43-21-20-27(28)22-31/h2-26H,1H3. The topological polar surface area (TPSA) is 19.4 Å². The zero-order valence-corrected chi connectivity index (χ0v) is 26.2. The highest BCUT2D eigenvalue weighted by atomic mass is 79.9. The summed E-state index contributed by atoms with van der Waals surface area (Å²) in [4.78, 5) is 9.11. The first-order valence-electron chi connectivity index (χ1n) is 15.2. The van der Waals surface area contributed by atoms with Gasteiger partial charge >= 0.3 is 0 Å². The molecule has 0 spiro atoms. The van der Waals surface area contributed by atoms with Gasteiger partial charge in [-0.2, -0.15) is 0 Å². The molecule has 0 bridgehead atoms. The minimum absolute atomic E-state index is 0.236. The summed E-state index contributed by atoms with van der Waals surface area (Å²) in [6.45, 7) is 2.40. The maximum Gasteiger partial charge on any atom is 0.0512 e. The number of nitrogens with zero attached hydrogens (tertiary/aromatic N) is 3. The van der Waals surface area contributed by atoms with Crippen molar-refractivity contribution in [1.82, 2.24) is 4.98 Å². The van der Waals surface area contributed by atoms with Crippen molar-refractivity contribution in [2.45, 2.75) is 12.3 Å².